The predicted molar refractivity (Wildman–Crippen MR) is 80.7 cm³/mol. The summed E-state index contributed by atoms with van der Waals surface area (Å²) in [6, 6.07) is 9.97. The highest BCUT2D eigenvalue weighted by molar-refractivity contribution is 5.95. The van der Waals surface area contributed by atoms with Crippen LogP contribution in [0.3, 0.4) is 0 Å². The number of aromatic nitrogens is 1. The molecule has 1 fully saturated rings. The Labute approximate surface area is 141 Å². The number of halogens is 3. The number of pyridine rings is 1. The second-order valence-electron chi connectivity index (χ2n) is 5.52. The van der Waals surface area contributed by atoms with Crippen LogP contribution in [0.1, 0.15) is 21.5 Å². The number of carbonyl (C=O) groups excluding carboxylic acids is 1. The maximum absolute atomic E-state index is 12.7. The van der Waals surface area contributed by atoms with Crippen molar-refractivity contribution < 1.29 is 22.7 Å². The molecule has 0 N–H and O–H groups in total. The van der Waals surface area contributed by atoms with Crippen molar-refractivity contribution >= 4 is 5.91 Å². The molecule has 2 aromatic rings. The molecule has 8 heteroatoms. The summed E-state index contributed by atoms with van der Waals surface area (Å²) < 4.78 is 43.4. The molecule has 0 aliphatic carbocycles. The van der Waals surface area contributed by atoms with Gasteiger partial charge in [-0.05, 0) is 24.3 Å². The number of carbonyl (C=O) groups is 1. The highest BCUT2D eigenvalue weighted by atomic mass is 19.4. The van der Waals surface area contributed by atoms with Gasteiger partial charge in [0.25, 0.3) is 5.91 Å². The fraction of sp³-hybridized carbons (Fsp3) is 0.235. The van der Waals surface area contributed by atoms with Crippen molar-refractivity contribution in [2.75, 3.05) is 13.1 Å². The van der Waals surface area contributed by atoms with Crippen molar-refractivity contribution in [3.63, 3.8) is 0 Å². The van der Waals surface area contributed by atoms with Gasteiger partial charge in [-0.25, -0.2) is 4.98 Å². The molecular formula is C17H12F3N3O2. The lowest BCUT2D eigenvalue weighted by Gasteiger charge is -2.38. The third-order valence-electron chi connectivity index (χ3n) is 3.72. The Hall–Kier alpha value is -3.08. The predicted octanol–water partition coefficient (Wildman–Crippen LogP) is 2.88. The number of alkyl halides is 3. The minimum atomic E-state index is -4.46. The van der Waals surface area contributed by atoms with E-state index in [1.165, 1.54) is 11.0 Å². The van der Waals surface area contributed by atoms with Crippen molar-refractivity contribution in [1.82, 2.24) is 9.88 Å². The highest BCUT2D eigenvalue weighted by Crippen LogP contribution is 2.31. The first-order valence-electron chi connectivity index (χ1n) is 7.36. The number of likely N-dealkylation sites (tertiary alicyclic amines) is 1. The number of benzene rings is 1. The van der Waals surface area contributed by atoms with Crippen LogP contribution in [0, 0.1) is 11.3 Å². The summed E-state index contributed by atoms with van der Waals surface area (Å²) in [7, 11) is 0. The third-order valence-corrected chi connectivity index (χ3v) is 3.72. The standard InChI is InChI=1S/C17H12F3N3O2/c18-17(19,20)13-4-5-22-15(7-13)25-14-9-23(10-14)16(24)12-3-1-2-11(6-12)8-21/h1-7,14H,9-10H2. The third kappa shape index (κ3) is 3.71. The van der Waals surface area contributed by atoms with E-state index >= 15 is 0 Å². The lowest BCUT2D eigenvalue weighted by molar-refractivity contribution is -0.137. The van der Waals surface area contributed by atoms with Crippen LogP contribution in [0.5, 0.6) is 5.88 Å². The van der Waals surface area contributed by atoms with Crippen LogP contribution < -0.4 is 4.74 Å². The molecule has 1 aliphatic heterocycles. The van der Waals surface area contributed by atoms with Gasteiger partial charge in [-0.15, -0.1) is 0 Å². The molecule has 0 radical (unpaired) electrons. The Kier molecular flexibility index (Phi) is 4.31. The molecule has 1 aliphatic rings. The first-order valence-corrected chi connectivity index (χ1v) is 7.36. The van der Waals surface area contributed by atoms with Gasteiger partial charge in [-0.2, -0.15) is 18.4 Å². The van der Waals surface area contributed by atoms with E-state index in [2.05, 4.69) is 4.98 Å². The molecule has 128 valence electrons. The molecule has 5 nitrogen and oxygen atoms in total. The Morgan fingerprint density at radius 3 is 2.72 bits per heavy atom. The summed E-state index contributed by atoms with van der Waals surface area (Å²) in [6.07, 6.45) is -3.85. The SMILES string of the molecule is N#Cc1cccc(C(=O)N2CC(Oc3cc(C(F)(F)F)ccn3)C2)c1. The lowest BCUT2D eigenvalue weighted by atomic mass is 10.1. The molecule has 0 bridgehead atoms. The number of rotatable bonds is 3. The van der Waals surface area contributed by atoms with E-state index in [1.54, 1.807) is 18.2 Å². The van der Waals surface area contributed by atoms with E-state index < -0.39 is 17.8 Å². The zero-order valence-electron chi connectivity index (χ0n) is 12.8. The first kappa shape index (κ1) is 16.8. The van der Waals surface area contributed by atoms with Gasteiger partial charge in [0, 0.05) is 17.8 Å². The number of ether oxygens (including phenoxy) is 1. The molecule has 0 atom stereocenters. The first-order chi connectivity index (χ1) is 11.9. The molecule has 1 amide bonds. The lowest BCUT2D eigenvalue weighted by Crippen LogP contribution is -2.56. The maximum Gasteiger partial charge on any atom is 0.416 e. The molecular weight excluding hydrogens is 335 g/mol. The Balaban J connectivity index is 1.60. The average Bonchev–Trinajstić information content (AvgIpc) is 2.57. The van der Waals surface area contributed by atoms with Crippen LogP contribution >= 0.6 is 0 Å². The molecule has 0 unspecified atom stereocenters. The summed E-state index contributed by atoms with van der Waals surface area (Å²) in [5.41, 5.74) is -0.0693. The number of hydrogen-bond acceptors (Lipinski definition) is 4. The minimum absolute atomic E-state index is 0.126. The fourth-order valence-electron chi connectivity index (χ4n) is 2.40. The summed E-state index contributed by atoms with van der Waals surface area (Å²) in [5, 5.41) is 8.86. The molecule has 2 heterocycles. The molecule has 1 aromatic heterocycles. The van der Waals surface area contributed by atoms with Crippen LogP contribution in [-0.2, 0) is 6.18 Å². The van der Waals surface area contributed by atoms with Crippen molar-refractivity contribution in [3.05, 3.63) is 59.3 Å². The van der Waals surface area contributed by atoms with Crippen molar-refractivity contribution in [2.24, 2.45) is 0 Å². The van der Waals surface area contributed by atoms with E-state index in [4.69, 9.17) is 10.00 Å². The summed E-state index contributed by atoms with van der Waals surface area (Å²) in [6.45, 7) is 0.487. The monoisotopic (exact) mass is 347 g/mol. The number of amides is 1. The number of hydrogen-bond donors (Lipinski definition) is 0. The van der Waals surface area contributed by atoms with Crippen LogP contribution in [0.2, 0.25) is 0 Å². The highest BCUT2D eigenvalue weighted by Gasteiger charge is 2.34. The molecule has 3 rings (SSSR count). The van der Waals surface area contributed by atoms with Gasteiger partial charge < -0.3 is 9.64 Å². The quantitative estimate of drug-likeness (QED) is 0.856. The fourth-order valence-corrected chi connectivity index (χ4v) is 2.40. The van der Waals surface area contributed by atoms with Crippen LogP contribution in [0.25, 0.3) is 0 Å². The van der Waals surface area contributed by atoms with E-state index in [0.29, 0.717) is 11.1 Å². The summed E-state index contributed by atoms with van der Waals surface area (Å²) in [5.74, 6) is -0.382. The van der Waals surface area contributed by atoms with Gasteiger partial charge in [0.1, 0.15) is 6.10 Å². The number of nitrogens with zero attached hydrogens (tertiary/aromatic N) is 3. The second-order valence-corrected chi connectivity index (χ2v) is 5.52. The Morgan fingerprint density at radius 2 is 2.04 bits per heavy atom. The topological polar surface area (TPSA) is 66.2 Å². The average molecular weight is 347 g/mol. The smallest absolute Gasteiger partial charge is 0.416 e. The van der Waals surface area contributed by atoms with Gasteiger partial charge >= 0.3 is 6.18 Å². The largest absolute Gasteiger partial charge is 0.471 e. The van der Waals surface area contributed by atoms with Gasteiger partial charge in [0.15, 0.2) is 0 Å². The van der Waals surface area contributed by atoms with Gasteiger partial charge in [-0.1, -0.05) is 6.07 Å². The van der Waals surface area contributed by atoms with Crippen LogP contribution in [0.4, 0.5) is 13.2 Å². The van der Waals surface area contributed by atoms with Crippen molar-refractivity contribution in [2.45, 2.75) is 12.3 Å². The van der Waals surface area contributed by atoms with E-state index in [0.717, 1.165) is 18.3 Å². The molecule has 1 saturated heterocycles. The molecule has 25 heavy (non-hydrogen) atoms. The molecule has 0 spiro atoms. The van der Waals surface area contributed by atoms with Gasteiger partial charge in [-0.3, -0.25) is 4.79 Å². The molecule has 1 aromatic carbocycles. The van der Waals surface area contributed by atoms with E-state index in [9.17, 15) is 18.0 Å². The van der Waals surface area contributed by atoms with Gasteiger partial charge in [0.2, 0.25) is 5.88 Å². The Bertz CT molecular complexity index is 840. The zero-order chi connectivity index (χ0) is 18.0. The van der Waals surface area contributed by atoms with Crippen molar-refractivity contribution in [1.29, 1.82) is 5.26 Å². The van der Waals surface area contributed by atoms with Crippen LogP contribution in [0.15, 0.2) is 42.6 Å². The summed E-state index contributed by atoms with van der Waals surface area (Å²) >= 11 is 0. The minimum Gasteiger partial charge on any atom is -0.471 e. The maximum atomic E-state index is 12.7. The second kappa shape index (κ2) is 6.43. The van der Waals surface area contributed by atoms with Crippen molar-refractivity contribution in [3.8, 4) is 11.9 Å². The van der Waals surface area contributed by atoms with Gasteiger partial charge in [0.05, 0.1) is 30.3 Å². The normalized spacial score (nSPS) is 14.6. The zero-order valence-corrected chi connectivity index (χ0v) is 12.8. The summed E-state index contributed by atoms with van der Waals surface area (Å²) in [4.78, 5) is 17.5. The van der Waals surface area contributed by atoms with E-state index in [-0.39, 0.29) is 24.9 Å². The van der Waals surface area contributed by atoms with Crippen LogP contribution in [-0.4, -0.2) is 35.0 Å². The molecule has 0 saturated carbocycles. The number of nitriles is 1. The Morgan fingerprint density at radius 1 is 1.28 bits per heavy atom. The van der Waals surface area contributed by atoms with E-state index in [1.807, 2.05) is 6.07 Å².